The van der Waals surface area contributed by atoms with Crippen LogP contribution >= 0.6 is 0 Å². The van der Waals surface area contributed by atoms with Gasteiger partial charge in [0.2, 0.25) is 0 Å². The third-order valence-corrected chi connectivity index (χ3v) is 6.63. The molecule has 0 radical (unpaired) electrons. The zero-order chi connectivity index (χ0) is 14.5. The summed E-state index contributed by atoms with van der Waals surface area (Å²) in [4.78, 5) is 0. The maximum absolute atomic E-state index is 2.58. The van der Waals surface area contributed by atoms with Crippen LogP contribution in [0, 0.1) is 29.6 Å². The van der Waals surface area contributed by atoms with E-state index in [0.717, 1.165) is 29.6 Å². The van der Waals surface area contributed by atoms with Gasteiger partial charge in [0.1, 0.15) is 0 Å². The van der Waals surface area contributed by atoms with Gasteiger partial charge in [0, 0.05) is 0 Å². The summed E-state index contributed by atoms with van der Waals surface area (Å²) in [5.41, 5.74) is 0. The van der Waals surface area contributed by atoms with E-state index in [9.17, 15) is 0 Å². The van der Waals surface area contributed by atoms with Crippen molar-refractivity contribution in [3.63, 3.8) is 0 Å². The van der Waals surface area contributed by atoms with Gasteiger partial charge in [-0.3, -0.25) is 0 Å². The van der Waals surface area contributed by atoms with Gasteiger partial charge in [0.05, 0.1) is 0 Å². The second-order valence-electron chi connectivity index (χ2n) is 8.77. The molecule has 0 nitrogen and oxygen atoms in total. The monoisotopic (exact) mass is 290 g/mol. The van der Waals surface area contributed by atoms with Crippen molar-refractivity contribution < 1.29 is 0 Å². The molecule has 2 atom stereocenters. The smallest absolute Gasteiger partial charge is 0.0386 e. The van der Waals surface area contributed by atoms with Crippen LogP contribution in [0.5, 0.6) is 0 Å². The normalized spacial score (nSPS) is 25.0. The molecule has 3 fully saturated rings. The molecule has 0 heteroatoms. The molecule has 3 aliphatic carbocycles. The highest BCUT2D eigenvalue weighted by molar-refractivity contribution is 4.83. The van der Waals surface area contributed by atoms with Gasteiger partial charge >= 0.3 is 0 Å². The molecule has 0 heterocycles. The Labute approximate surface area is 133 Å². The topological polar surface area (TPSA) is 0 Å². The molecule has 3 aliphatic rings. The molecule has 0 aliphatic heterocycles. The molecule has 0 spiro atoms. The molecule has 0 aromatic carbocycles. The fraction of sp³-hybridized carbons (Fsp3) is 1.00. The van der Waals surface area contributed by atoms with Gasteiger partial charge in [-0.15, -0.1) is 0 Å². The summed E-state index contributed by atoms with van der Waals surface area (Å²) in [5, 5.41) is 0. The highest BCUT2D eigenvalue weighted by Gasteiger charge is 2.32. The van der Waals surface area contributed by atoms with E-state index < -0.39 is 0 Å². The van der Waals surface area contributed by atoms with Crippen LogP contribution in [0.2, 0.25) is 0 Å². The molecule has 0 amide bonds. The van der Waals surface area contributed by atoms with E-state index in [1.807, 2.05) is 0 Å². The number of hydrogen-bond donors (Lipinski definition) is 0. The number of rotatable bonds is 13. The Balaban J connectivity index is 1.27. The standard InChI is InChI=1S/C21H38/c1-17(21-15-16-21)20(10-6-5-8-19-13-14-19)9-4-2-3-7-18-11-12-18/h17-21H,2-16H2,1H3. The highest BCUT2D eigenvalue weighted by atomic mass is 14.4. The van der Waals surface area contributed by atoms with Crippen molar-refractivity contribution in [3.05, 3.63) is 0 Å². The first-order valence-electron chi connectivity index (χ1n) is 10.3. The Bertz CT molecular complexity index is 282. The van der Waals surface area contributed by atoms with Gasteiger partial charge in [-0.1, -0.05) is 90.4 Å². The summed E-state index contributed by atoms with van der Waals surface area (Å²) in [5.74, 6) is 5.51. The molecule has 3 rings (SSSR count). The zero-order valence-corrected chi connectivity index (χ0v) is 14.5. The average Bonchev–Trinajstić information content (AvgIpc) is 3.35. The van der Waals surface area contributed by atoms with Gasteiger partial charge in [-0.05, 0) is 42.4 Å². The Morgan fingerprint density at radius 3 is 1.71 bits per heavy atom. The van der Waals surface area contributed by atoms with Crippen LogP contribution in [-0.2, 0) is 0 Å². The van der Waals surface area contributed by atoms with Gasteiger partial charge in [-0.2, -0.15) is 0 Å². The fourth-order valence-electron chi connectivity index (χ4n) is 4.35. The summed E-state index contributed by atoms with van der Waals surface area (Å²) >= 11 is 0. The molecule has 0 saturated heterocycles. The zero-order valence-electron chi connectivity index (χ0n) is 14.5. The van der Waals surface area contributed by atoms with Crippen molar-refractivity contribution in [1.82, 2.24) is 0 Å². The first kappa shape index (κ1) is 15.9. The lowest BCUT2D eigenvalue weighted by atomic mass is 9.82. The van der Waals surface area contributed by atoms with Crippen LogP contribution in [-0.4, -0.2) is 0 Å². The summed E-state index contributed by atoms with van der Waals surface area (Å²) < 4.78 is 0. The predicted molar refractivity (Wildman–Crippen MR) is 92.4 cm³/mol. The van der Waals surface area contributed by atoms with Crippen molar-refractivity contribution >= 4 is 0 Å². The third-order valence-electron chi connectivity index (χ3n) is 6.63. The Morgan fingerprint density at radius 2 is 1.19 bits per heavy atom. The van der Waals surface area contributed by atoms with Gasteiger partial charge in [0.15, 0.2) is 0 Å². The molecule has 122 valence electrons. The van der Waals surface area contributed by atoms with E-state index in [1.54, 1.807) is 64.2 Å². The van der Waals surface area contributed by atoms with Crippen molar-refractivity contribution in [2.24, 2.45) is 29.6 Å². The molecule has 0 aromatic rings. The minimum absolute atomic E-state index is 1.04. The van der Waals surface area contributed by atoms with Crippen LogP contribution in [0.4, 0.5) is 0 Å². The molecule has 3 saturated carbocycles. The van der Waals surface area contributed by atoms with Crippen molar-refractivity contribution in [1.29, 1.82) is 0 Å². The molecule has 0 aromatic heterocycles. The lowest BCUT2D eigenvalue weighted by Gasteiger charge is -2.24. The largest absolute Gasteiger partial charge is 0.0620 e. The molecule has 0 bridgehead atoms. The summed E-state index contributed by atoms with van der Waals surface area (Å²) in [6.45, 7) is 2.58. The SMILES string of the molecule is CC(C(CCCCCC1CC1)CCCCC1CC1)C1CC1. The van der Waals surface area contributed by atoms with Crippen LogP contribution in [0.3, 0.4) is 0 Å². The third kappa shape index (κ3) is 6.33. The quantitative estimate of drug-likeness (QED) is 0.321. The summed E-state index contributed by atoms with van der Waals surface area (Å²) in [6.07, 6.45) is 23.1. The van der Waals surface area contributed by atoms with E-state index in [1.165, 1.54) is 32.1 Å². The Kier molecular flexibility index (Phi) is 6.07. The lowest BCUT2D eigenvalue weighted by Crippen LogP contribution is -2.14. The van der Waals surface area contributed by atoms with Crippen molar-refractivity contribution in [2.75, 3.05) is 0 Å². The second-order valence-corrected chi connectivity index (χ2v) is 8.77. The first-order chi connectivity index (χ1) is 10.3. The van der Waals surface area contributed by atoms with Crippen molar-refractivity contribution in [2.45, 2.75) is 103 Å². The van der Waals surface area contributed by atoms with Crippen molar-refractivity contribution in [3.8, 4) is 0 Å². The van der Waals surface area contributed by atoms with E-state index in [0.29, 0.717) is 0 Å². The van der Waals surface area contributed by atoms with Gasteiger partial charge < -0.3 is 0 Å². The highest BCUT2D eigenvalue weighted by Crippen LogP contribution is 2.43. The minimum atomic E-state index is 1.04. The number of unbranched alkanes of at least 4 members (excludes halogenated alkanes) is 3. The van der Waals surface area contributed by atoms with Crippen LogP contribution < -0.4 is 0 Å². The maximum atomic E-state index is 2.58. The van der Waals surface area contributed by atoms with Crippen LogP contribution in [0.25, 0.3) is 0 Å². The Morgan fingerprint density at radius 1 is 0.667 bits per heavy atom. The van der Waals surface area contributed by atoms with E-state index in [4.69, 9.17) is 0 Å². The van der Waals surface area contributed by atoms with Gasteiger partial charge in [-0.25, -0.2) is 0 Å². The fourth-order valence-corrected chi connectivity index (χ4v) is 4.35. The minimum Gasteiger partial charge on any atom is -0.0620 e. The molecule has 2 unspecified atom stereocenters. The lowest BCUT2D eigenvalue weighted by molar-refractivity contribution is 0.267. The molecule has 0 N–H and O–H groups in total. The number of hydrogen-bond acceptors (Lipinski definition) is 0. The Hall–Kier alpha value is 0. The molecule has 21 heavy (non-hydrogen) atoms. The second kappa shape index (κ2) is 8.02. The van der Waals surface area contributed by atoms with Crippen LogP contribution in [0.1, 0.15) is 103 Å². The maximum Gasteiger partial charge on any atom is -0.0386 e. The summed E-state index contributed by atoms with van der Waals surface area (Å²) in [6, 6.07) is 0. The predicted octanol–water partition coefficient (Wildman–Crippen LogP) is 6.98. The molecular weight excluding hydrogens is 252 g/mol. The summed E-state index contributed by atoms with van der Waals surface area (Å²) in [7, 11) is 0. The van der Waals surface area contributed by atoms with Gasteiger partial charge in [0.25, 0.3) is 0 Å². The first-order valence-corrected chi connectivity index (χ1v) is 10.3. The molecular formula is C21H38. The van der Waals surface area contributed by atoms with E-state index in [-0.39, 0.29) is 0 Å². The average molecular weight is 291 g/mol. The van der Waals surface area contributed by atoms with E-state index in [2.05, 4.69) is 6.92 Å². The van der Waals surface area contributed by atoms with E-state index >= 15 is 0 Å². The van der Waals surface area contributed by atoms with Crippen LogP contribution in [0.15, 0.2) is 0 Å².